The Hall–Kier alpha value is -2.11. The van der Waals surface area contributed by atoms with Gasteiger partial charge in [-0.15, -0.1) is 6.58 Å². The number of piperidine rings is 1. The maximum atomic E-state index is 11.7. The fourth-order valence-corrected chi connectivity index (χ4v) is 2.70. The molecule has 1 N–H and O–H groups in total. The normalized spacial score (nSPS) is 22.4. The van der Waals surface area contributed by atoms with Gasteiger partial charge < -0.3 is 14.7 Å². The second-order valence-corrected chi connectivity index (χ2v) is 4.99. The number of carboxylic acid groups (broad SMARTS) is 1. The molecule has 0 amide bonds. The molecule has 1 atom stereocenters. The molecule has 0 saturated carbocycles. The summed E-state index contributed by atoms with van der Waals surface area (Å²) in [5, 5.41) is 9.57. The number of carbonyl (C=O) groups is 1. The van der Waals surface area contributed by atoms with Gasteiger partial charge in [0.1, 0.15) is 0 Å². The van der Waals surface area contributed by atoms with Crippen LogP contribution in [0.4, 0.5) is 5.82 Å². The van der Waals surface area contributed by atoms with Crippen molar-refractivity contribution in [3.63, 3.8) is 0 Å². The van der Waals surface area contributed by atoms with E-state index in [9.17, 15) is 9.90 Å². The number of hydrogen-bond donors (Lipinski definition) is 1. The average molecular weight is 277 g/mol. The Morgan fingerprint density at radius 2 is 2.35 bits per heavy atom. The van der Waals surface area contributed by atoms with Crippen molar-refractivity contribution >= 4 is 11.8 Å². The molecule has 108 valence electrons. The number of allylic oxidation sites excluding steroid dienone is 1. The summed E-state index contributed by atoms with van der Waals surface area (Å²) in [6.45, 7) is 4.82. The molecule has 0 radical (unpaired) electrons. The van der Waals surface area contributed by atoms with Gasteiger partial charge in [-0.3, -0.25) is 4.79 Å². The number of anilines is 1. The highest BCUT2D eigenvalue weighted by Gasteiger charge is 2.42. The standard InChI is InChI=1S/C14H19N3O3/c1-3-5-14(13(18)19)6-4-9-17(10-14)11-12(20-2)16-8-7-15-11/h3,7-8H,1,4-6,9-10H2,2H3,(H,18,19)/t14-/m1/s1. The zero-order chi connectivity index (χ0) is 14.6. The van der Waals surface area contributed by atoms with E-state index in [1.807, 2.05) is 4.90 Å². The molecule has 1 aromatic heterocycles. The first-order chi connectivity index (χ1) is 9.63. The maximum Gasteiger partial charge on any atom is 0.311 e. The molecule has 2 rings (SSSR count). The SMILES string of the molecule is C=CC[C@@]1(C(=O)O)CCCN(c2nccnc2OC)C1. The summed E-state index contributed by atoms with van der Waals surface area (Å²) in [5.74, 6) is 0.238. The fraction of sp³-hybridized carbons (Fsp3) is 0.500. The number of methoxy groups -OCH3 is 1. The molecule has 6 heteroatoms. The second-order valence-electron chi connectivity index (χ2n) is 4.99. The van der Waals surface area contributed by atoms with Crippen LogP contribution in [0, 0.1) is 5.41 Å². The predicted molar refractivity (Wildman–Crippen MR) is 74.9 cm³/mol. The van der Waals surface area contributed by atoms with Gasteiger partial charge in [0.25, 0.3) is 5.88 Å². The van der Waals surface area contributed by atoms with Crippen molar-refractivity contribution in [1.82, 2.24) is 9.97 Å². The molecule has 1 aromatic rings. The summed E-state index contributed by atoms with van der Waals surface area (Å²) < 4.78 is 5.20. The van der Waals surface area contributed by atoms with Crippen LogP contribution < -0.4 is 9.64 Å². The minimum atomic E-state index is -0.803. The maximum absolute atomic E-state index is 11.7. The van der Waals surface area contributed by atoms with E-state index in [1.54, 1.807) is 18.5 Å². The van der Waals surface area contributed by atoms with Crippen LogP contribution in [0.5, 0.6) is 5.88 Å². The lowest BCUT2D eigenvalue weighted by Gasteiger charge is -2.40. The number of hydrogen-bond acceptors (Lipinski definition) is 5. The molecule has 0 aromatic carbocycles. The van der Waals surface area contributed by atoms with Crippen LogP contribution >= 0.6 is 0 Å². The van der Waals surface area contributed by atoms with Gasteiger partial charge in [0.15, 0.2) is 5.82 Å². The van der Waals surface area contributed by atoms with Gasteiger partial charge >= 0.3 is 5.97 Å². The van der Waals surface area contributed by atoms with Gasteiger partial charge in [0.2, 0.25) is 0 Å². The molecular formula is C14H19N3O3. The van der Waals surface area contributed by atoms with Crippen LogP contribution in [0.2, 0.25) is 0 Å². The summed E-state index contributed by atoms with van der Waals surface area (Å²) in [6, 6.07) is 0. The van der Waals surface area contributed by atoms with Gasteiger partial charge in [-0.2, -0.15) is 0 Å². The Bertz CT molecular complexity index is 506. The average Bonchev–Trinajstić information content (AvgIpc) is 2.47. The predicted octanol–water partition coefficient (Wildman–Crippen LogP) is 1.73. The van der Waals surface area contributed by atoms with Gasteiger partial charge in [0, 0.05) is 25.5 Å². The Balaban J connectivity index is 2.29. The highest BCUT2D eigenvalue weighted by molar-refractivity contribution is 5.76. The van der Waals surface area contributed by atoms with E-state index in [2.05, 4.69) is 16.5 Å². The monoisotopic (exact) mass is 277 g/mol. The lowest BCUT2D eigenvalue weighted by atomic mass is 9.77. The van der Waals surface area contributed by atoms with E-state index >= 15 is 0 Å². The number of ether oxygens (including phenoxy) is 1. The van der Waals surface area contributed by atoms with Crippen LogP contribution in [-0.2, 0) is 4.79 Å². The molecule has 1 aliphatic rings. The van der Waals surface area contributed by atoms with Crippen LogP contribution in [0.15, 0.2) is 25.0 Å². The molecule has 0 aliphatic carbocycles. The van der Waals surface area contributed by atoms with Crippen molar-refractivity contribution in [3.05, 3.63) is 25.0 Å². The van der Waals surface area contributed by atoms with Crippen molar-refractivity contribution in [1.29, 1.82) is 0 Å². The molecular weight excluding hydrogens is 258 g/mol. The number of rotatable bonds is 5. The van der Waals surface area contributed by atoms with Gasteiger partial charge in [-0.25, -0.2) is 9.97 Å². The second kappa shape index (κ2) is 5.90. The van der Waals surface area contributed by atoms with Crippen molar-refractivity contribution in [2.24, 2.45) is 5.41 Å². The molecule has 6 nitrogen and oxygen atoms in total. The van der Waals surface area contributed by atoms with Gasteiger partial charge in [-0.1, -0.05) is 6.08 Å². The summed E-state index contributed by atoms with van der Waals surface area (Å²) in [6.07, 6.45) is 6.70. The molecule has 1 fully saturated rings. The summed E-state index contributed by atoms with van der Waals surface area (Å²) in [7, 11) is 1.53. The first-order valence-electron chi connectivity index (χ1n) is 6.57. The summed E-state index contributed by atoms with van der Waals surface area (Å²) in [4.78, 5) is 22.0. The molecule has 0 bridgehead atoms. The van der Waals surface area contributed by atoms with E-state index in [4.69, 9.17) is 4.74 Å². The van der Waals surface area contributed by atoms with Crippen LogP contribution in [0.1, 0.15) is 19.3 Å². The zero-order valence-electron chi connectivity index (χ0n) is 11.6. The Morgan fingerprint density at radius 3 is 3.00 bits per heavy atom. The van der Waals surface area contributed by atoms with Crippen LogP contribution in [-0.4, -0.2) is 41.2 Å². The quantitative estimate of drug-likeness (QED) is 0.826. The highest BCUT2D eigenvalue weighted by atomic mass is 16.5. The molecule has 1 saturated heterocycles. The Labute approximate surface area is 118 Å². The van der Waals surface area contributed by atoms with Gasteiger partial charge in [0.05, 0.1) is 12.5 Å². The summed E-state index contributed by atoms with van der Waals surface area (Å²) in [5.41, 5.74) is -0.803. The van der Waals surface area contributed by atoms with Crippen LogP contribution in [0.25, 0.3) is 0 Å². The first kappa shape index (κ1) is 14.3. The molecule has 1 aliphatic heterocycles. The molecule has 2 heterocycles. The summed E-state index contributed by atoms with van der Waals surface area (Å²) >= 11 is 0. The third-order valence-electron chi connectivity index (χ3n) is 3.71. The van der Waals surface area contributed by atoms with Crippen molar-refractivity contribution in [2.75, 3.05) is 25.1 Å². The van der Waals surface area contributed by atoms with Crippen molar-refractivity contribution in [2.45, 2.75) is 19.3 Å². The number of nitrogens with zero attached hydrogens (tertiary/aromatic N) is 3. The van der Waals surface area contributed by atoms with Crippen molar-refractivity contribution < 1.29 is 14.6 Å². The molecule has 0 spiro atoms. The molecule has 20 heavy (non-hydrogen) atoms. The van der Waals surface area contributed by atoms with Gasteiger partial charge in [-0.05, 0) is 19.3 Å². The Kier molecular flexibility index (Phi) is 4.22. The van der Waals surface area contributed by atoms with E-state index in [0.717, 1.165) is 13.0 Å². The van der Waals surface area contributed by atoms with E-state index in [1.165, 1.54) is 7.11 Å². The number of aromatic nitrogens is 2. The van der Waals surface area contributed by atoms with Crippen molar-refractivity contribution in [3.8, 4) is 5.88 Å². The first-order valence-corrected chi connectivity index (χ1v) is 6.57. The van der Waals surface area contributed by atoms with E-state index < -0.39 is 11.4 Å². The highest BCUT2D eigenvalue weighted by Crippen LogP contribution is 2.37. The number of aliphatic carboxylic acids is 1. The van der Waals surface area contributed by atoms with E-state index in [0.29, 0.717) is 31.1 Å². The third-order valence-corrected chi connectivity index (χ3v) is 3.71. The topological polar surface area (TPSA) is 75.5 Å². The minimum absolute atomic E-state index is 0.392. The number of carboxylic acids is 1. The smallest absolute Gasteiger partial charge is 0.311 e. The lowest BCUT2D eigenvalue weighted by molar-refractivity contribution is -0.149. The third kappa shape index (κ3) is 2.59. The Morgan fingerprint density at radius 1 is 1.60 bits per heavy atom. The minimum Gasteiger partial charge on any atom is -0.481 e. The zero-order valence-corrected chi connectivity index (χ0v) is 11.6. The van der Waals surface area contributed by atoms with Crippen LogP contribution in [0.3, 0.4) is 0 Å². The van der Waals surface area contributed by atoms with E-state index in [-0.39, 0.29) is 0 Å². The fourth-order valence-electron chi connectivity index (χ4n) is 2.70. The molecule has 0 unspecified atom stereocenters. The lowest BCUT2D eigenvalue weighted by Crippen LogP contribution is -2.48. The largest absolute Gasteiger partial charge is 0.481 e.